The van der Waals surface area contributed by atoms with Gasteiger partial charge in [-0.3, -0.25) is 18.9 Å². The zero-order valence-electron chi connectivity index (χ0n) is 20.0. The molecular weight excluding hydrogens is 460 g/mol. The highest BCUT2D eigenvalue weighted by molar-refractivity contribution is 7.85. The van der Waals surface area contributed by atoms with Crippen molar-refractivity contribution in [2.45, 2.75) is 59.3 Å². The predicted molar refractivity (Wildman–Crippen MR) is 123 cm³/mol. The first-order chi connectivity index (χ1) is 15.8. The molecule has 188 valence electrons. The van der Waals surface area contributed by atoms with E-state index in [9.17, 15) is 27.9 Å². The topological polar surface area (TPSA) is 135 Å². The van der Waals surface area contributed by atoms with Crippen LogP contribution in [0.15, 0.2) is 23.5 Å². The van der Waals surface area contributed by atoms with Crippen molar-refractivity contribution in [1.29, 1.82) is 0 Å². The van der Waals surface area contributed by atoms with Crippen LogP contribution < -0.4 is 0 Å². The second kappa shape index (κ2) is 8.59. The van der Waals surface area contributed by atoms with Crippen molar-refractivity contribution in [2.75, 3.05) is 12.4 Å². The Kier molecular flexibility index (Phi) is 6.34. The normalized spacial score (nSPS) is 39.3. The molecule has 3 fully saturated rings. The number of carbonyl (C=O) groups is 3. The highest BCUT2D eigenvalue weighted by Gasteiger charge is 2.63. The smallest absolute Gasteiger partial charge is 0.307 e. The minimum Gasteiger partial charge on any atom is -0.508 e. The van der Waals surface area contributed by atoms with E-state index in [-0.39, 0.29) is 46.4 Å². The number of fused-ring (bicyclic) bond motifs is 5. The van der Waals surface area contributed by atoms with Gasteiger partial charge in [0.15, 0.2) is 11.6 Å². The van der Waals surface area contributed by atoms with Crippen LogP contribution in [0.1, 0.15) is 59.3 Å². The fraction of sp³-hybridized carbons (Fsp3) is 0.720. The van der Waals surface area contributed by atoms with Crippen LogP contribution in [0, 0.1) is 40.4 Å². The summed E-state index contributed by atoms with van der Waals surface area (Å²) in [6.45, 7) is 5.82. The minimum atomic E-state index is -4.27. The number of rotatable bonds is 6. The zero-order chi connectivity index (χ0) is 25.1. The van der Waals surface area contributed by atoms with Crippen LogP contribution >= 0.6 is 0 Å². The van der Waals surface area contributed by atoms with Crippen molar-refractivity contribution >= 4 is 27.7 Å². The van der Waals surface area contributed by atoms with Crippen LogP contribution in [0.5, 0.6) is 0 Å². The van der Waals surface area contributed by atoms with Crippen LogP contribution in [0.4, 0.5) is 0 Å². The molecular formula is C25H34O8S. The second-order valence-electron chi connectivity index (χ2n) is 11.1. The van der Waals surface area contributed by atoms with E-state index in [2.05, 4.69) is 13.8 Å². The molecule has 2 N–H and O–H groups in total. The molecule has 0 aromatic heterocycles. The van der Waals surface area contributed by atoms with Gasteiger partial charge in [-0.05, 0) is 74.2 Å². The largest absolute Gasteiger partial charge is 0.508 e. The average molecular weight is 495 g/mol. The van der Waals surface area contributed by atoms with E-state index in [1.54, 1.807) is 6.08 Å². The third-order valence-corrected chi connectivity index (χ3v) is 10.1. The van der Waals surface area contributed by atoms with Crippen LogP contribution in [-0.4, -0.2) is 48.0 Å². The molecule has 0 saturated heterocycles. The highest BCUT2D eigenvalue weighted by Crippen LogP contribution is 2.67. The molecule has 9 heteroatoms. The van der Waals surface area contributed by atoms with Gasteiger partial charge in [0.1, 0.15) is 12.4 Å². The summed E-state index contributed by atoms with van der Waals surface area (Å²) < 4.78 is 35.5. The maximum absolute atomic E-state index is 13.2. The Balaban J connectivity index is 1.49. The Labute approximate surface area is 200 Å². The van der Waals surface area contributed by atoms with E-state index in [1.165, 1.54) is 6.08 Å². The first kappa shape index (κ1) is 25.1. The van der Waals surface area contributed by atoms with Gasteiger partial charge in [-0.15, -0.1) is 0 Å². The lowest BCUT2D eigenvalue weighted by atomic mass is 9.47. The van der Waals surface area contributed by atoms with Gasteiger partial charge in [-0.2, -0.15) is 8.42 Å². The molecule has 1 unspecified atom stereocenters. The first-order valence-electron chi connectivity index (χ1n) is 12.1. The average Bonchev–Trinajstić information content (AvgIpc) is 3.01. The van der Waals surface area contributed by atoms with Crippen molar-refractivity contribution in [3.8, 4) is 0 Å². The van der Waals surface area contributed by atoms with Gasteiger partial charge in [0.25, 0.3) is 10.1 Å². The van der Waals surface area contributed by atoms with Gasteiger partial charge in [-0.1, -0.05) is 19.4 Å². The fourth-order valence-corrected chi connectivity index (χ4v) is 8.29. The predicted octanol–water partition coefficient (Wildman–Crippen LogP) is 3.43. The maximum Gasteiger partial charge on any atom is 0.307 e. The first-order valence-corrected chi connectivity index (χ1v) is 13.7. The van der Waals surface area contributed by atoms with E-state index in [0.717, 1.165) is 37.7 Å². The van der Waals surface area contributed by atoms with Crippen LogP contribution in [-0.2, 0) is 29.2 Å². The number of Topliss-reactive ketones (excluding diaryl/α,β-unsaturated/α-hetero) is 1. The Morgan fingerprint density at radius 2 is 1.88 bits per heavy atom. The zero-order valence-corrected chi connectivity index (χ0v) is 20.8. The molecule has 0 amide bonds. The number of allylic oxidation sites excluding steroid dienone is 3. The molecule has 7 atom stereocenters. The molecule has 0 aromatic carbocycles. The molecule has 0 bridgehead atoms. The summed E-state index contributed by atoms with van der Waals surface area (Å²) in [6.07, 6.45) is 6.76. The van der Waals surface area contributed by atoms with Crippen molar-refractivity contribution < 1.29 is 37.2 Å². The molecule has 4 aliphatic rings. The standard InChI is InChI=1S/C25H34O8S/c1-14-10-19-17-5-4-15-11-16(26)12-21(28)25(15,3)18(17)6-8-24(19,2)23(14)20(27)13-33-22(29)7-9-34(30,31)32/h11-12,14,17-19,23,26H,4-10,13H2,1-3H3,(H,30,31,32)/t14?,17-,18+,19+,23-,24+,25+/m1/s1. The van der Waals surface area contributed by atoms with Crippen LogP contribution in [0.2, 0.25) is 0 Å². The number of ether oxygens (including phenoxy) is 1. The van der Waals surface area contributed by atoms with Gasteiger partial charge in [0, 0.05) is 12.0 Å². The molecule has 8 nitrogen and oxygen atoms in total. The van der Waals surface area contributed by atoms with E-state index in [1.807, 2.05) is 6.92 Å². The number of aliphatic hydroxyl groups excluding tert-OH is 1. The summed E-state index contributed by atoms with van der Waals surface area (Å²) in [5.41, 5.74) is 0.147. The monoisotopic (exact) mass is 494 g/mol. The number of aliphatic hydroxyl groups is 1. The van der Waals surface area contributed by atoms with Crippen molar-refractivity contribution in [3.05, 3.63) is 23.5 Å². The maximum atomic E-state index is 13.2. The molecule has 34 heavy (non-hydrogen) atoms. The molecule has 0 spiro atoms. The summed E-state index contributed by atoms with van der Waals surface area (Å²) in [5.74, 6) is -1.14. The Hall–Kier alpha value is -2.00. The van der Waals surface area contributed by atoms with Gasteiger partial charge in [0.2, 0.25) is 0 Å². The fourth-order valence-electron chi connectivity index (χ4n) is 7.87. The Morgan fingerprint density at radius 1 is 1.18 bits per heavy atom. The molecule has 0 heterocycles. The number of hydrogen-bond donors (Lipinski definition) is 2. The second-order valence-corrected chi connectivity index (χ2v) is 12.7. The van der Waals surface area contributed by atoms with Gasteiger partial charge < -0.3 is 9.84 Å². The van der Waals surface area contributed by atoms with E-state index in [4.69, 9.17) is 9.29 Å². The van der Waals surface area contributed by atoms with Crippen LogP contribution in [0.3, 0.4) is 0 Å². The third kappa shape index (κ3) is 4.15. The SMILES string of the molecule is CC1C[C@H]2[C@@H]3CCC4=CC(O)=CC(=O)[C@]4(C)[C@H]3CC[C@]2(C)[C@H]1C(=O)COC(=O)CCS(=O)(=O)O. The molecule has 0 aliphatic heterocycles. The van der Waals surface area contributed by atoms with Crippen molar-refractivity contribution in [3.63, 3.8) is 0 Å². The molecule has 3 saturated carbocycles. The lowest BCUT2D eigenvalue weighted by Gasteiger charge is -2.56. The summed E-state index contributed by atoms with van der Waals surface area (Å²) in [7, 11) is -4.27. The summed E-state index contributed by atoms with van der Waals surface area (Å²) in [4.78, 5) is 38.1. The number of carbonyl (C=O) groups excluding carboxylic acids is 3. The van der Waals surface area contributed by atoms with Crippen LogP contribution in [0.25, 0.3) is 0 Å². The van der Waals surface area contributed by atoms with Crippen molar-refractivity contribution in [1.82, 2.24) is 0 Å². The Bertz CT molecular complexity index is 1070. The molecule has 0 radical (unpaired) electrons. The summed E-state index contributed by atoms with van der Waals surface area (Å²) in [6, 6.07) is 0. The quantitative estimate of drug-likeness (QED) is 0.423. The van der Waals surface area contributed by atoms with Gasteiger partial charge >= 0.3 is 5.97 Å². The van der Waals surface area contributed by atoms with Gasteiger partial charge in [-0.25, -0.2) is 0 Å². The molecule has 4 rings (SSSR count). The Morgan fingerprint density at radius 3 is 2.56 bits per heavy atom. The molecule has 4 aliphatic carbocycles. The van der Waals surface area contributed by atoms with Crippen molar-refractivity contribution in [2.24, 2.45) is 40.4 Å². The van der Waals surface area contributed by atoms with E-state index >= 15 is 0 Å². The number of hydrogen-bond acceptors (Lipinski definition) is 7. The molecule has 0 aromatic rings. The lowest BCUT2D eigenvalue weighted by Crippen LogP contribution is -2.53. The minimum absolute atomic E-state index is 0.0304. The highest BCUT2D eigenvalue weighted by atomic mass is 32.2. The number of ketones is 2. The number of esters is 1. The summed E-state index contributed by atoms with van der Waals surface area (Å²) >= 11 is 0. The summed E-state index contributed by atoms with van der Waals surface area (Å²) in [5, 5.41) is 9.96. The van der Waals surface area contributed by atoms with E-state index in [0.29, 0.717) is 5.92 Å². The lowest BCUT2D eigenvalue weighted by molar-refractivity contribution is -0.151. The van der Waals surface area contributed by atoms with Gasteiger partial charge in [0.05, 0.1) is 17.6 Å². The van der Waals surface area contributed by atoms with E-state index < -0.39 is 40.3 Å². The third-order valence-electron chi connectivity index (χ3n) is 9.33.